The van der Waals surface area contributed by atoms with Gasteiger partial charge in [-0.05, 0) is 51.2 Å². The highest BCUT2D eigenvalue weighted by Crippen LogP contribution is 2.58. The van der Waals surface area contributed by atoms with Crippen LogP contribution in [0.2, 0.25) is 19.6 Å². The van der Waals surface area contributed by atoms with Crippen molar-refractivity contribution in [1.29, 1.82) is 0 Å². The fraction of sp³-hybridized carbons (Fsp3) is 0.929. The Morgan fingerprint density at radius 2 is 1.83 bits per heavy atom. The summed E-state index contributed by atoms with van der Waals surface area (Å²) in [6, 6.07) is 0. The predicted octanol–water partition coefficient (Wildman–Crippen LogP) is 3.21. The van der Waals surface area contributed by atoms with Crippen LogP contribution in [-0.4, -0.2) is 27.0 Å². The van der Waals surface area contributed by atoms with Crippen molar-refractivity contribution in [2.45, 2.75) is 57.8 Å². The Morgan fingerprint density at radius 3 is 2.39 bits per heavy atom. The summed E-state index contributed by atoms with van der Waals surface area (Å²) >= 11 is 0. The van der Waals surface area contributed by atoms with Crippen LogP contribution in [-0.2, 0) is 14.0 Å². The van der Waals surface area contributed by atoms with Gasteiger partial charge in [0.15, 0.2) is 8.32 Å². The monoisotopic (exact) mass is 270 g/mol. The van der Waals surface area contributed by atoms with Crippen molar-refractivity contribution in [3.63, 3.8) is 0 Å². The lowest BCUT2D eigenvalue weighted by Crippen LogP contribution is -2.68. The van der Waals surface area contributed by atoms with E-state index >= 15 is 0 Å². The van der Waals surface area contributed by atoms with E-state index in [1.54, 1.807) is 0 Å². The number of fused-ring (bicyclic) bond motifs is 1. The van der Waals surface area contributed by atoms with Gasteiger partial charge in [-0.1, -0.05) is 12.8 Å². The molecule has 0 amide bonds. The number of hydrogen-bond acceptors (Lipinski definition) is 3. The van der Waals surface area contributed by atoms with Gasteiger partial charge in [0, 0.05) is 0 Å². The van der Waals surface area contributed by atoms with Crippen LogP contribution in [0.25, 0.3) is 0 Å². The van der Waals surface area contributed by atoms with E-state index < -0.39 is 8.32 Å². The minimum Gasteiger partial charge on any atom is -0.469 e. The average Bonchev–Trinajstić information content (AvgIpc) is 2.26. The van der Waals surface area contributed by atoms with Gasteiger partial charge >= 0.3 is 5.97 Å². The van der Waals surface area contributed by atoms with E-state index in [9.17, 15) is 4.79 Å². The summed E-state index contributed by atoms with van der Waals surface area (Å²) in [4.78, 5) is 12.1. The van der Waals surface area contributed by atoms with Crippen molar-refractivity contribution in [3.05, 3.63) is 0 Å². The zero-order chi connectivity index (χ0) is 13.6. The lowest BCUT2D eigenvalue weighted by Gasteiger charge is -2.61. The van der Waals surface area contributed by atoms with Crippen molar-refractivity contribution in [3.8, 4) is 0 Å². The Morgan fingerprint density at radius 1 is 1.22 bits per heavy atom. The number of carbonyl (C=O) groups is 1. The molecule has 18 heavy (non-hydrogen) atoms. The highest BCUT2D eigenvalue weighted by Gasteiger charge is 2.64. The Balaban J connectivity index is 2.21. The van der Waals surface area contributed by atoms with Gasteiger partial charge < -0.3 is 9.16 Å². The first kappa shape index (κ1) is 14.1. The van der Waals surface area contributed by atoms with Crippen LogP contribution in [0.3, 0.4) is 0 Å². The first-order chi connectivity index (χ1) is 8.29. The topological polar surface area (TPSA) is 35.5 Å². The normalized spacial score (nSPS) is 39.7. The van der Waals surface area contributed by atoms with Crippen molar-refractivity contribution in [2.75, 3.05) is 7.11 Å². The first-order valence-electron chi connectivity index (χ1n) is 7.07. The molecule has 0 aromatic carbocycles. The Bertz CT molecular complexity index is 336. The van der Waals surface area contributed by atoms with Crippen LogP contribution in [0, 0.1) is 17.8 Å². The highest BCUT2D eigenvalue weighted by atomic mass is 28.4. The number of rotatable bonds is 3. The third kappa shape index (κ3) is 2.25. The molecule has 0 N–H and O–H groups in total. The van der Waals surface area contributed by atoms with E-state index in [0.29, 0.717) is 11.8 Å². The number of carbonyl (C=O) groups excluding carboxylic acids is 1. The third-order valence-electron chi connectivity index (χ3n) is 4.58. The van der Waals surface area contributed by atoms with Gasteiger partial charge in [-0.15, -0.1) is 0 Å². The molecule has 0 bridgehead atoms. The maximum absolute atomic E-state index is 12.1. The van der Waals surface area contributed by atoms with Crippen LogP contribution >= 0.6 is 0 Å². The summed E-state index contributed by atoms with van der Waals surface area (Å²) in [5, 5.41) is 0. The van der Waals surface area contributed by atoms with Crippen molar-refractivity contribution in [1.82, 2.24) is 0 Å². The molecular formula is C14H26O3Si. The molecule has 104 valence electrons. The zero-order valence-electron chi connectivity index (χ0n) is 12.3. The Kier molecular flexibility index (Phi) is 3.62. The summed E-state index contributed by atoms with van der Waals surface area (Å²) < 4.78 is 11.4. The lowest BCUT2D eigenvalue weighted by molar-refractivity contribution is -0.208. The van der Waals surface area contributed by atoms with Gasteiger partial charge in [0.05, 0.1) is 18.6 Å². The standard InChI is InChI=1S/C14H26O3Si/c1-14(17-18(3,4)5)11-9-7-6-8-10(11)12(14)13(15)16-2/h10-12H,6-9H2,1-5H3/t10-,11+,12-,14+/m1/s1. The van der Waals surface area contributed by atoms with E-state index in [1.807, 2.05) is 0 Å². The molecular weight excluding hydrogens is 244 g/mol. The molecule has 0 spiro atoms. The van der Waals surface area contributed by atoms with Gasteiger partial charge in [-0.3, -0.25) is 4.79 Å². The second-order valence-corrected chi connectivity index (χ2v) is 11.4. The van der Waals surface area contributed by atoms with E-state index in [-0.39, 0.29) is 17.5 Å². The summed E-state index contributed by atoms with van der Waals surface area (Å²) in [5.74, 6) is 0.938. The summed E-state index contributed by atoms with van der Waals surface area (Å²) in [6.45, 7) is 8.73. The lowest BCUT2D eigenvalue weighted by atomic mass is 9.49. The quantitative estimate of drug-likeness (QED) is 0.583. The molecule has 2 fully saturated rings. The van der Waals surface area contributed by atoms with E-state index in [2.05, 4.69) is 26.6 Å². The molecule has 0 aromatic rings. The maximum Gasteiger partial charge on any atom is 0.311 e. The fourth-order valence-electron chi connectivity index (χ4n) is 4.14. The predicted molar refractivity (Wildman–Crippen MR) is 73.8 cm³/mol. The van der Waals surface area contributed by atoms with E-state index in [0.717, 1.165) is 6.42 Å². The highest BCUT2D eigenvalue weighted by molar-refractivity contribution is 6.69. The van der Waals surface area contributed by atoms with Crippen LogP contribution in [0.1, 0.15) is 32.6 Å². The van der Waals surface area contributed by atoms with Crippen molar-refractivity contribution >= 4 is 14.3 Å². The maximum atomic E-state index is 12.1. The molecule has 0 aromatic heterocycles. The SMILES string of the molecule is COC(=O)[C@H]1[C@@H]2CCCC[C@@H]2[C@]1(C)O[Si](C)(C)C. The molecule has 0 heterocycles. The summed E-state index contributed by atoms with van der Waals surface area (Å²) in [5.41, 5.74) is -0.275. The Hall–Kier alpha value is -0.353. The molecule has 2 aliphatic carbocycles. The largest absolute Gasteiger partial charge is 0.469 e. The summed E-state index contributed by atoms with van der Waals surface area (Å²) in [7, 11) is -0.153. The molecule has 0 radical (unpaired) electrons. The third-order valence-corrected chi connectivity index (χ3v) is 5.63. The average molecular weight is 270 g/mol. The van der Waals surface area contributed by atoms with Crippen molar-refractivity contribution in [2.24, 2.45) is 17.8 Å². The second-order valence-electron chi connectivity index (χ2n) is 6.95. The molecule has 2 saturated carbocycles. The summed E-state index contributed by atoms with van der Waals surface area (Å²) in [6.07, 6.45) is 4.89. The van der Waals surface area contributed by atoms with Gasteiger partial charge in [0.25, 0.3) is 0 Å². The van der Waals surface area contributed by atoms with Gasteiger partial charge in [0.2, 0.25) is 0 Å². The van der Waals surface area contributed by atoms with Crippen LogP contribution in [0.15, 0.2) is 0 Å². The number of hydrogen-bond donors (Lipinski definition) is 0. The molecule has 3 nitrogen and oxygen atoms in total. The molecule has 0 unspecified atom stereocenters. The zero-order valence-corrected chi connectivity index (χ0v) is 13.3. The van der Waals surface area contributed by atoms with E-state index in [4.69, 9.17) is 9.16 Å². The minimum atomic E-state index is -1.65. The first-order valence-corrected chi connectivity index (χ1v) is 10.5. The molecule has 0 aliphatic heterocycles. The Labute approximate surface area is 111 Å². The smallest absolute Gasteiger partial charge is 0.311 e. The number of esters is 1. The van der Waals surface area contributed by atoms with Gasteiger partial charge in [-0.25, -0.2) is 0 Å². The molecule has 2 rings (SSSR count). The molecule has 4 atom stereocenters. The molecule has 2 aliphatic rings. The van der Waals surface area contributed by atoms with Crippen LogP contribution < -0.4 is 0 Å². The van der Waals surface area contributed by atoms with E-state index in [1.165, 1.54) is 26.4 Å². The van der Waals surface area contributed by atoms with Crippen molar-refractivity contribution < 1.29 is 14.0 Å². The minimum absolute atomic E-state index is 0.0421. The number of ether oxygens (including phenoxy) is 1. The van der Waals surface area contributed by atoms with Gasteiger partial charge in [0.1, 0.15) is 0 Å². The number of methoxy groups -OCH3 is 1. The second kappa shape index (κ2) is 4.64. The van der Waals surface area contributed by atoms with Crippen LogP contribution in [0.5, 0.6) is 0 Å². The fourth-order valence-corrected chi connectivity index (χ4v) is 5.74. The van der Waals surface area contributed by atoms with Crippen LogP contribution in [0.4, 0.5) is 0 Å². The molecule has 4 heteroatoms. The molecule has 0 saturated heterocycles. The van der Waals surface area contributed by atoms with Gasteiger partial charge in [-0.2, -0.15) is 0 Å².